The molecule has 0 N–H and O–H groups in total. The van der Waals surface area contributed by atoms with Crippen molar-refractivity contribution in [3.05, 3.63) is 11.8 Å². The van der Waals surface area contributed by atoms with Crippen molar-refractivity contribution in [3.63, 3.8) is 0 Å². The van der Waals surface area contributed by atoms with E-state index in [2.05, 4.69) is 11.0 Å². The molecule has 1 heteroatoms. The smallest absolute Gasteiger partial charge is 0.0174 e. The molecule has 1 nitrogen and oxygen atoms in total. The number of likely N-dealkylation sites (tertiary alicyclic amines) is 1. The van der Waals surface area contributed by atoms with Crippen LogP contribution in [0.15, 0.2) is 11.8 Å². The standard InChI is InChI=1S/C13H23N/c1-2-5-9-13(10-6-3-1)14-11-7-4-8-12-14/h9H,1-8,10-12H2. The zero-order valence-electron chi connectivity index (χ0n) is 9.30. The molecule has 1 aliphatic carbocycles. The average Bonchev–Trinajstić information content (AvgIpc) is 2.18. The van der Waals surface area contributed by atoms with Gasteiger partial charge in [0.05, 0.1) is 0 Å². The van der Waals surface area contributed by atoms with Crippen molar-refractivity contribution in [2.45, 2.75) is 57.8 Å². The lowest BCUT2D eigenvalue weighted by Gasteiger charge is -2.32. The molecule has 0 bridgehead atoms. The molecule has 0 atom stereocenters. The highest BCUT2D eigenvalue weighted by Crippen LogP contribution is 2.22. The number of piperidine rings is 1. The van der Waals surface area contributed by atoms with Gasteiger partial charge in [-0.2, -0.15) is 0 Å². The van der Waals surface area contributed by atoms with Gasteiger partial charge in [0.25, 0.3) is 0 Å². The minimum atomic E-state index is 1.33. The first-order valence-corrected chi connectivity index (χ1v) is 6.41. The van der Waals surface area contributed by atoms with E-state index in [1.807, 2.05) is 0 Å². The number of allylic oxidation sites excluding steroid dienone is 2. The van der Waals surface area contributed by atoms with E-state index >= 15 is 0 Å². The number of hydrogen-bond donors (Lipinski definition) is 0. The van der Waals surface area contributed by atoms with Crippen molar-refractivity contribution in [2.75, 3.05) is 13.1 Å². The summed E-state index contributed by atoms with van der Waals surface area (Å²) in [6, 6.07) is 0. The molecule has 0 unspecified atom stereocenters. The van der Waals surface area contributed by atoms with Gasteiger partial charge in [-0.1, -0.05) is 18.9 Å². The van der Waals surface area contributed by atoms with E-state index in [0.717, 1.165) is 0 Å². The number of hydrogen-bond acceptors (Lipinski definition) is 1. The molecule has 0 saturated carbocycles. The fourth-order valence-corrected chi connectivity index (χ4v) is 2.64. The topological polar surface area (TPSA) is 3.24 Å². The molecular weight excluding hydrogens is 170 g/mol. The van der Waals surface area contributed by atoms with Gasteiger partial charge in [0.2, 0.25) is 0 Å². The molecule has 1 aliphatic heterocycles. The first-order valence-electron chi connectivity index (χ1n) is 6.41. The van der Waals surface area contributed by atoms with E-state index in [9.17, 15) is 0 Å². The Labute approximate surface area is 88.2 Å². The van der Waals surface area contributed by atoms with Crippen LogP contribution < -0.4 is 0 Å². The predicted molar refractivity (Wildman–Crippen MR) is 61.2 cm³/mol. The minimum Gasteiger partial charge on any atom is -0.375 e. The van der Waals surface area contributed by atoms with Crippen molar-refractivity contribution in [1.82, 2.24) is 4.90 Å². The minimum absolute atomic E-state index is 1.33. The van der Waals surface area contributed by atoms with Crippen LogP contribution in [0.4, 0.5) is 0 Å². The van der Waals surface area contributed by atoms with Gasteiger partial charge in [-0.3, -0.25) is 0 Å². The Balaban J connectivity index is 1.91. The average molecular weight is 193 g/mol. The quantitative estimate of drug-likeness (QED) is 0.613. The normalized spacial score (nSPS) is 25.1. The molecule has 1 heterocycles. The van der Waals surface area contributed by atoms with Crippen molar-refractivity contribution in [2.24, 2.45) is 0 Å². The maximum Gasteiger partial charge on any atom is 0.0174 e. The zero-order valence-corrected chi connectivity index (χ0v) is 9.30. The third-order valence-corrected chi connectivity index (χ3v) is 3.53. The molecule has 2 rings (SSSR count). The SMILES string of the molecule is C1=C(N2CCCCC2)CCCCCC1. The summed E-state index contributed by atoms with van der Waals surface area (Å²) in [7, 11) is 0. The lowest BCUT2D eigenvalue weighted by atomic mass is 10.0. The Morgan fingerprint density at radius 2 is 1.50 bits per heavy atom. The van der Waals surface area contributed by atoms with Crippen molar-refractivity contribution in [3.8, 4) is 0 Å². The van der Waals surface area contributed by atoms with Gasteiger partial charge < -0.3 is 4.90 Å². The molecule has 1 saturated heterocycles. The van der Waals surface area contributed by atoms with Gasteiger partial charge >= 0.3 is 0 Å². The second kappa shape index (κ2) is 5.43. The van der Waals surface area contributed by atoms with E-state index in [-0.39, 0.29) is 0 Å². The fourth-order valence-electron chi connectivity index (χ4n) is 2.64. The summed E-state index contributed by atoms with van der Waals surface area (Å²) in [5.74, 6) is 0. The van der Waals surface area contributed by atoms with Crippen LogP contribution in [0.5, 0.6) is 0 Å². The molecule has 2 aliphatic rings. The maximum absolute atomic E-state index is 2.65. The van der Waals surface area contributed by atoms with E-state index in [1.165, 1.54) is 70.9 Å². The highest BCUT2D eigenvalue weighted by Gasteiger charge is 2.13. The Bertz CT molecular complexity index is 189. The van der Waals surface area contributed by atoms with Crippen molar-refractivity contribution >= 4 is 0 Å². The lowest BCUT2D eigenvalue weighted by Crippen LogP contribution is -2.29. The molecule has 0 aromatic heterocycles. The van der Waals surface area contributed by atoms with Crippen LogP contribution in [0, 0.1) is 0 Å². The summed E-state index contributed by atoms with van der Waals surface area (Å²) in [5, 5.41) is 0. The van der Waals surface area contributed by atoms with Gasteiger partial charge in [-0.05, 0) is 44.9 Å². The van der Waals surface area contributed by atoms with Crippen LogP contribution in [0.3, 0.4) is 0 Å². The molecule has 0 amide bonds. The summed E-state index contributed by atoms with van der Waals surface area (Å²) >= 11 is 0. The molecule has 0 aromatic rings. The van der Waals surface area contributed by atoms with Crippen LogP contribution in [-0.2, 0) is 0 Å². The molecule has 14 heavy (non-hydrogen) atoms. The van der Waals surface area contributed by atoms with Gasteiger partial charge in [0.15, 0.2) is 0 Å². The van der Waals surface area contributed by atoms with Gasteiger partial charge in [0.1, 0.15) is 0 Å². The second-order valence-electron chi connectivity index (χ2n) is 4.70. The summed E-state index contributed by atoms with van der Waals surface area (Å²) in [6.45, 7) is 2.65. The second-order valence-corrected chi connectivity index (χ2v) is 4.70. The van der Waals surface area contributed by atoms with E-state index in [4.69, 9.17) is 0 Å². The lowest BCUT2D eigenvalue weighted by molar-refractivity contribution is 0.272. The summed E-state index contributed by atoms with van der Waals surface area (Å²) in [5.41, 5.74) is 1.67. The van der Waals surface area contributed by atoms with Crippen molar-refractivity contribution < 1.29 is 0 Å². The zero-order chi connectivity index (χ0) is 9.64. The highest BCUT2D eigenvalue weighted by atomic mass is 15.1. The first-order chi connectivity index (χ1) is 6.97. The van der Waals surface area contributed by atoms with E-state index < -0.39 is 0 Å². The van der Waals surface area contributed by atoms with Gasteiger partial charge in [-0.15, -0.1) is 0 Å². The first kappa shape index (κ1) is 10.1. The predicted octanol–water partition coefficient (Wildman–Crippen LogP) is 3.71. The number of rotatable bonds is 1. The van der Waals surface area contributed by atoms with E-state index in [0.29, 0.717) is 0 Å². The number of nitrogens with zero attached hydrogens (tertiary/aromatic N) is 1. The molecule has 0 radical (unpaired) electrons. The van der Waals surface area contributed by atoms with Crippen LogP contribution in [0.1, 0.15) is 57.8 Å². The third-order valence-electron chi connectivity index (χ3n) is 3.53. The largest absolute Gasteiger partial charge is 0.375 e. The summed E-state index contributed by atoms with van der Waals surface area (Å²) in [4.78, 5) is 2.65. The Morgan fingerprint density at radius 1 is 0.786 bits per heavy atom. The van der Waals surface area contributed by atoms with Crippen LogP contribution in [0.2, 0.25) is 0 Å². The van der Waals surface area contributed by atoms with Gasteiger partial charge in [-0.25, -0.2) is 0 Å². The molecule has 0 spiro atoms. The molecular formula is C13H23N. The van der Waals surface area contributed by atoms with Crippen LogP contribution in [-0.4, -0.2) is 18.0 Å². The molecule has 80 valence electrons. The highest BCUT2D eigenvalue weighted by molar-refractivity contribution is 5.03. The Hall–Kier alpha value is -0.460. The summed E-state index contributed by atoms with van der Waals surface area (Å²) < 4.78 is 0. The monoisotopic (exact) mass is 193 g/mol. The third kappa shape index (κ3) is 2.76. The fraction of sp³-hybridized carbons (Fsp3) is 0.846. The van der Waals surface area contributed by atoms with Crippen molar-refractivity contribution in [1.29, 1.82) is 0 Å². The molecule has 0 aromatic carbocycles. The Morgan fingerprint density at radius 3 is 2.36 bits per heavy atom. The van der Waals surface area contributed by atoms with Gasteiger partial charge in [0, 0.05) is 18.8 Å². The van der Waals surface area contributed by atoms with Crippen LogP contribution in [0.25, 0.3) is 0 Å². The van der Waals surface area contributed by atoms with E-state index in [1.54, 1.807) is 5.70 Å². The molecule has 1 fully saturated rings. The summed E-state index contributed by atoms with van der Waals surface area (Å²) in [6.07, 6.45) is 15.2. The maximum atomic E-state index is 2.65. The van der Waals surface area contributed by atoms with Crippen LogP contribution >= 0.6 is 0 Å². The Kier molecular flexibility index (Phi) is 3.90.